The van der Waals surface area contributed by atoms with Crippen LogP contribution in [0.25, 0.3) is 0 Å². The minimum Gasteiger partial charge on any atom is -0.457 e. The zero-order valence-electron chi connectivity index (χ0n) is 8.14. The molecule has 1 N–H and O–H groups in total. The molecule has 1 unspecified atom stereocenters. The molecule has 0 aromatic carbocycles. The van der Waals surface area contributed by atoms with Gasteiger partial charge in [0.15, 0.2) is 4.67 Å². The molecule has 0 radical (unpaired) electrons. The minimum absolute atomic E-state index is 0.410. The van der Waals surface area contributed by atoms with Crippen molar-refractivity contribution in [2.24, 2.45) is 0 Å². The van der Waals surface area contributed by atoms with Crippen LogP contribution in [0.15, 0.2) is 21.4 Å². The molecule has 0 spiro atoms. The molecule has 1 aromatic heterocycles. The van der Waals surface area contributed by atoms with Gasteiger partial charge in [-0.3, -0.25) is 0 Å². The number of hydrogen-bond donors (Lipinski definition) is 1. The normalized spacial score (nSPS) is 13.2. The van der Waals surface area contributed by atoms with Crippen molar-refractivity contribution in [1.82, 2.24) is 5.32 Å². The average molecular weight is 246 g/mol. The highest BCUT2D eigenvalue weighted by molar-refractivity contribution is 9.10. The van der Waals surface area contributed by atoms with Gasteiger partial charge >= 0.3 is 0 Å². The van der Waals surface area contributed by atoms with Gasteiger partial charge in [-0.1, -0.05) is 19.8 Å². The van der Waals surface area contributed by atoms with Crippen molar-refractivity contribution in [3.05, 3.63) is 22.6 Å². The summed E-state index contributed by atoms with van der Waals surface area (Å²) in [5.41, 5.74) is 1.22. The van der Waals surface area contributed by atoms with E-state index in [4.69, 9.17) is 4.42 Å². The Hall–Kier alpha value is -0.280. The van der Waals surface area contributed by atoms with Crippen LogP contribution in [-0.4, -0.2) is 7.05 Å². The predicted molar refractivity (Wildman–Crippen MR) is 57.7 cm³/mol. The molecule has 74 valence electrons. The molecule has 0 saturated carbocycles. The number of halogens is 1. The number of rotatable bonds is 5. The van der Waals surface area contributed by atoms with Crippen LogP contribution < -0.4 is 5.32 Å². The lowest BCUT2D eigenvalue weighted by Crippen LogP contribution is -2.15. The van der Waals surface area contributed by atoms with Crippen molar-refractivity contribution in [1.29, 1.82) is 0 Å². The third kappa shape index (κ3) is 2.85. The van der Waals surface area contributed by atoms with E-state index in [0.717, 1.165) is 11.1 Å². The van der Waals surface area contributed by atoms with Crippen LogP contribution in [0.1, 0.15) is 37.8 Å². The van der Waals surface area contributed by atoms with Gasteiger partial charge in [-0.25, -0.2) is 0 Å². The maximum atomic E-state index is 5.20. The van der Waals surface area contributed by atoms with E-state index in [1.165, 1.54) is 18.4 Å². The van der Waals surface area contributed by atoms with Crippen LogP contribution in [0.2, 0.25) is 0 Å². The van der Waals surface area contributed by atoms with Gasteiger partial charge in [0.05, 0.1) is 6.26 Å². The third-order valence-electron chi connectivity index (χ3n) is 2.22. The molecule has 2 nitrogen and oxygen atoms in total. The van der Waals surface area contributed by atoms with E-state index in [1.54, 1.807) is 6.26 Å². The molecule has 1 atom stereocenters. The molecule has 0 amide bonds. The largest absolute Gasteiger partial charge is 0.457 e. The second kappa shape index (κ2) is 5.45. The van der Waals surface area contributed by atoms with E-state index in [-0.39, 0.29) is 0 Å². The van der Waals surface area contributed by atoms with Crippen LogP contribution in [-0.2, 0) is 0 Å². The summed E-state index contributed by atoms with van der Waals surface area (Å²) in [6.45, 7) is 2.21. The van der Waals surface area contributed by atoms with Gasteiger partial charge in [-0.2, -0.15) is 0 Å². The van der Waals surface area contributed by atoms with Crippen molar-refractivity contribution in [2.45, 2.75) is 32.2 Å². The Morgan fingerprint density at radius 2 is 2.38 bits per heavy atom. The monoisotopic (exact) mass is 245 g/mol. The summed E-state index contributed by atoms with van der Waals surface area (Å²) in [6.07, 6.45) is 5.34. The van der Waals surface area contributed by atoms with E-state index in [1.807, 2.05) is 13.1 Å². The predicted octanol–water partition coefficient (Wildman–Crippen LogP) is 3.49. The maximum absolute atomic E-state index is 5.20. The van der Waals surface area contributed by atoms with Crippen LogP contribution in [0.3, 0.4) is 0 Å². The lowest BCUT2D eigenvalue weighted by molar-refractivity contribution is 0.494. The summed E-state index contributed by atoms with van der Waals surface area (Å²) in [6, 6.07) is 2.43. The summed E-state index contributed by atoms with van der Waals surface area (Å²) in [7, 11) is 1.99. The molecule has 1 rings (SSSR count). The summed E-state index contributed by atoms with van der Waals surface area (Å²) >= 11 is 3.39. The van der Waals surface area contributed by atoms with Gasteiger partial charge < -0.3 is 9.73 Å². The van der Waals surface area contributed by atoms with E-state index in [2.05, 4.69) is 28.2 Å². The fraction of sp³-hybridized carbons (Fsp3) is 0.600. The van der Waals surface area contributed by atoms with Gasteiger partial charge in [0.1, 0.15) is 0 Å². The van der Waals surface area contributed by atoms with Gasteiger partial charge in [0, 0.05) is 11.6 Å². The Labute approximate surface area is 87.8 Å². The van der Waals surface area contributed by atoms with Crippen molar-refractivity contribution in [3.63, 3.8) is 0 Å². The molecular formula is C10H16BrNO. The number of furan rings is 1. The zero-order valence-corrected chi connectivity index (χ0v) is 9.73. The standard InChI is InChI=1S/C10H16BrNO/c1-3-4-5-9(12-2)8-6-7-13-10(8)11/h6-7,9,12H,3-5H2,1-2H3. The molecule has 0 aliphatic heterocycles. The second-order valence-electron chi connectivity index (χ2n) is 3.13. The minimum atomic E-state index is 0.410. The second-order valence-corrected chi connectivity index (χ2v) is 3.85. The topological polar surface area (TPSA) is 25.2 Å². The molecule has 1 aromatic rings. The van der Waals surface area contributed by atoms with Crippen LogP contribution in [0.5, 0.6) is 0 Å². The zero-order chi connectivity index (χ0) is 9.68. The molecule has 0 bridgehead atoms. The molecule has 13 heavy (non-hydrogen) atoms. The van der Waals surface area contributed by atoms with Gasteiger partial charge in [-0.15, -0.1) is 0 Å². The van der Waals surface area contributed by atoms with Gasteiger partial charge in [0.2, 0.25) is 0 Å². The molecule has 0 aliphatic rings. The Balaban J connectivity index is 2.61. The number of hydrogen-bond acceptors (Lipinski definition) is 2. The first-order valence-electron chi connectivity index (χ1n) is 4.69. The van der Waals surface area contributed by atoms with Crippen LogP contribution in [0, 0.1) is 0 Å². The molecule has 1 heterocycles. The summed E-state index contributed by atoms with van der Waals surface area (Å²) in [5, 5.41) is 3.29. The highest BCUT2D eigenvalue weighted by Gasteiger charge is 2.13. The summed E-state index contributed by atoms with van der Waals surface area (Å²) in [4.78, 5) is 0. The molecule has 0 aliphatic carbocycles. The first kappa shape index (κ1) is 10.8. The Bertz CT molecular complexity index is 247. The van der Waals surface area contributed by atoms with Gasteiger partial charge in [-0.05, 0) is 35.5 Å². The van der Waals surface area contributed by atoms with Crippen molar-refractivity contribution >= 4 is 15.9 Å². The Morgan fingerprint density at radius 3 is 2.85 bits per heavy atom. The van der Waals surface area contributed by atoms with E-state index in [9.17, 15) is 0 Å². The fourth-order valence-electron chi connectivity index (χ4n) is 1.42. The fourth-order valence-corrected chi connectivity index (χ4v) is 1.93. The summed E-state index contributed by atoms with van der Waals surface area (Å²) < 4.78 is 6.05. The Morgan fingerprint density at radius 1 is 1.62 bits per heavy atom. The molecule has 0 saturated heterocycles. The summed E-state index contributed by atoms with van der Waals surface area (Å²) in [5.74, 6) is 0. The highest BCUT2D eigenvalue weighted by atomic mass is 79.9. The highest BCUT2D eigenvalue weighted by Crippen LogP contribution is 2.27. The van der Waals surface area contributed by atoms with Crippen molar-refractivity contribution in [3.8, 4) is 0 Å². The van der Waals surface area contributed by atoms with E-state index < -0.39 is 0 Å². The third-order valence-corrected chi connectivity index (χ3v) is 2.86. The maximum Gasteiger partial charge on any atom is 0.173 e. The van der Waals surface area contributed by atoms with Crippen LogP contribution >= 0.6 is 15.9 Å². The smallest absolute Gasteiger partial charge is 0.173 e. The van der Waals surface area contributed by atoms with Gasteiger partial charge in [0.25, 0.3) is 0 Å². The van der Waals surface area contributed by atoms with Crippen molar-refractivity contribution < 1.29 is 4.42 Å². The lowest BCUT2D eigenvalue weighted by atomic mass is 10.0. The average Bonchev–Trinajstić information content (AvgIpc) is 2.54. The molecule has 0 fully saturated rings. The quantitative estimate of drug-likeness (QED) is 0.860. The first-order valence-corrected chi connectivity index (χ1v) is 5.49. The number of nitrogens with one attached hydrogen (secondary N) is 1. The SMILES string of the molecule is CCCCC(NC)c1ccoc1Br. The first-order chi connectivity index (χ1) is 6.29. The molecule has 3 heteroatoms. The Kier molecular flexibility index (Phi) is 4.53. The van der Waals surface area contributed by atoms with Crippen LogP contribution in [0.4, 0.5) is 0 Å². The van der Waals surface area contributed by atoms with Crippen molar-refractivity contribution in [2.75, 3.05) is 7.05 Å². The molecular weight excluding hydrogens is 230 g/mol. The number of unbranched alkanes of at least 4 members (excludes halogenated alkanes) is 1. The van der Waals surface area contributed by atoms with E-state index >= 15 is 0 Å². The lowest BCUT2D eigenvalue weighted by Gasteiger charge is -2.14. The van der Waals surface area contributed by atoms with E-state index in [0.29, 0.717) is 6.04 Å².